The van der Waals surface area contributed by atoms with Crippen LogP contribution in [0.1, 0.15) is 22.4 Å². The van der Waals surface area contributed by atoms with Crippen molar-refractivity contribution in [2.45, 2.75) is 19.0 Å². The molecule has 0 aliphatic rings. The van der Waals surface area contributed by atoms with Crippen LogP contribution in [0.3, 0.4) is 0 Å². The Kier molecular flexibility index (Phi) is 5.39. The number of halogens is 7. The Morgan fingerprint density at radius 1 is 1.00 bits per heavy atom. The lowest BCUT2D eigenvalue weighted by Crippen LogP contribution is -2.12. The largest absolute Gasteiger partial charge is 0.486 e. The third kappa shape index (κ3) is 4.35. The van der Waals surface area contributed by atoms with Gasteiger partial charge in [-0.1, -0.05) is 11.3 Å². The van der Waals surface area contributed by atoms with Crippen LogP contribution < -0.4 is 4.74 Å². The molecule has 0 radical (unpaired) electrons. The highest BCUT2D eigenvalue weighted by molar-refractivity contribution is 5.66. The van der Waals surface area contributed by atoms with Gasteiger partial charge in [0.05, 0.1) is 11.1 Å². The summed E-state index contributed by atoms with van der Waals surface area (Å²) in [5.74, 6) is -1.46. The van der Waals surface area contributed by atoms with Crippen molar-refractivity contribution in [2.24, 2.45) is 0 Å². The fraction of sp³-hybridized carbons (Fsp3) is 0.167. The second kappa shape index (κ2) is 7.66. The van der Waals surface area contributed by atoms with E-state index in [2.05, 4.69) is 15.4 Å². The number of H-pyrrole nitrogens is 1. The minimum absolute atomic E-state index is 0.0152. The molecule has 1 N–H and O–H groups in total. The van der Waals surface area contributed by atoms with Gasteiger partial charge >= 0.3 is 12.4 Å². The molecule has 5 nitrogen and oxygen atoms in total. The van der Waals surface area contributed by atoms with Gasteiger partial charge in [-0.15, -0.1) is 5.10 Å². The van der Waals surface area contributed by atoms with E-state index in [0.29, 0.717) is 12.1 Å². The summed E-state index contributed by atoms with van der Waals surface area (Å²) in [6, 6.07) is 6.38. The Hall–Kier alpha value is -3.62. The molecule has 0 spiro atoms. The number of hydrogen-bond donors (Lipinski definition) is 1. The Labute approximate surface area is 163 Å². The number of ether oxygens (including phenoxy) is 1. The highest BCUT2D eigenvalue weighted by Gasteiger charge is 2.37. The van der Waals surface area contributed by atoms with Gasteiger partial charge in [-0.3, -0.25) is 0 Å². The van der Waals surface area contributed by atoms with Gasteiger partial charge < -0.3 is 4.74 Å². The lowest BCUT2D eigenvalue weighted by molar-refractivity contribution is -0.143. The van der Waals surface area contributed by atoms with Crippen molar-refractivity contribution in [3.8, 4) is 23.1 Å². The second-order valence-corrected chi connectivity index (χ2v) is 5.97. The topological polar surface area (TPSA) is 74.6 Å². The molecule has 12 heteroatoms. The number of aromatic nitrogens is 3. The van der Waals surface area contributed by atoms with Gasteiger partial charge in [0.2, 0.25) is 0 Å². The summed E-state index contributed by atoms with van der Waals surface area (Å²) in [5, 5.41) is 18.2. The molecule has 0 saturated carbocycles. The Bertz CT molecular complexity index is 1080. The minimum Gasteiger partial charge on any atom is -0.486 e. The van der Waals surface area contributed by atoms with Crippen LogP contribution in [0.5, 0.6) is 5.75 Å². The predicted molar refractivity (Wildman–Crippen MR) is 87.3 cm³/mol. The smallest absolute Gasteiger partial charge is 0.416 e. The van der Waals surface area contributed by atoms with E-state index in [1.54, 1.807) is 6.07 Å². The monoisotopic (exact) mass is 430 g/mol. The fourth-order valence-corrected chi connectivity index (χ4v) is 2.56. The van der Waals surface area contributed by atoms with Crippen LogP contribution in [0, 0.1) is 17.1 Å². The molecule has 0 atom stereocenters. The Morgan fingerprint density at radius 2 is 1.63 bits per heavy atom. The molecule has 0 aliphatic heterocycles. The van der Waals surface area contributed by atoms with Crippen LogP contribution in [-0.2, 0) is 19.0 Å². The van der Waals surface area contributed by atoms with Crippen molar-refractivity contribution in [3.05, 3.63) is 64.6 Å². The van der Waals surface area contributed by atoms with E-state index in [1.165, 1.54) is 12.1 Å². The van der Waals surface area contributed by atoms with Crippen molar-refractivity contribution in [3.63, 3.8) is 0 Å². The molecule has 0 amide bonds. The van der Waals surface area contributed by atoms with Crippen LogP contribution in [-0.4, -0.2) is 15.4 Å². The zero-order valence-corrected chi connectivity index (χ0v) is 14.6. The van der Waals surface area contributed by atoms with Crippen molar-refractivity contribution >= 4 is 0 Å². The predicted octanol–water partition coefficient (Wildman–Crippen LogP) is 5.10. The van der Waals surface area contributed by atoms with E-state index in [9.17, 15) is 30.7 Å². The number of nitriles is 1. The lowest BCUT2D eigenvalue weighted by atomic mass is 10.1. The molecule has 1 aromatic heterocycles. The first-order valence-corrected chi connectivity index (χ1v) is 8.02. The van der Waals surface area contributed by atoms with E-state index < -0.39 is 47.2 Å². The summed E-state index contributed by atoms with van der Waals surface area (Å²) in [7, 11) is 0. The van der Waals surface area contributed by atoms with Gasteiger partial charge in [0.15, 0.2) is 17.3 Å². The van der Waals surface area contributed by atoms with Crippen LogP contribution in [0.4, 0.5) is 30.7 Å². The summed E-state index contributed by atoms with van der Waals surface area (Å²) in [6.45, 7) is -0.767. The molecule has 0 saturated heterocycles. The Morgan fingerprint density at radius 3 is 2.20 bits per heavy atom. The molecule has 3 rings (SSSR count). The third-order valence-electron chi connectivity index (χ3n) is 3.92. The summed E-state index contributed by atoms with van der Waals surface area (Å²) in [6.07, 6.45) is -10.0. The molecule has 2 aromatic carbocycles. The molecule has 3 aromatic rings. The van der Waals surface area contributed by atoms with E-state index in [4.69, 9.17) is 10.00 Å². The van der Waals surface area contributed by atoms with Gasteiger partial charge in [-0.05, 0) is 35.9 Å². The molecule has 0 bridgehead atoms. The standard InChI is InChI=1S/C18H9F7N4O/c19-15-12(16-13(7-26)27-29-28-16)2-1-3-14(15)30-8-9-4-10(17(20,21)22)6-11(5-9)18(23,24)25/h1-6H,8H2,(H,27,28,29). The minimum atomic E-state index is -5.01. The zero-order valence-electron chi connectivity index (χ0n) is 14.6. The first kappa shape index (κ1) is 21.1. The number of nitrogens with zero attached hydrogens (tertiary/aromatic N) is 3. The van der Waals surface area contributed by atoms with Crippen LogP contribution in [0.15, 0.2) is 36.4 Å². The maximum Gasteiger partial charge on any atom is 0.416 e. The van der Waals surface area contributed by atoms with E-state index in [1.807, 2.05) is 0 Å². The zero-order chi connectivity index (χ0) is 22.1. The number of alkyl halides is 6. The van der Waals surface area contributed by atoms with Crippen molar-refractivity contribution in [2.75, 3.05) is 0 Å². The number of nitrogens with one attached hydrogen (secondary N) is 1. The van der Waals surface area contributed by atoms with E-state index in [-0.39, 0.29) is 23.0 Å². The van der Waals surface area contributed by atoms with Gasteiger partial charge in [0.1, 0.15) is 18.4 Å². The fourth-order valence-electron chi connectivity index (χ4n) is 2.56. The number of benzene rings is 2. The quantitative estimate of drug-likeness (QED) is 0.585. The maximum atomic E-state index is 14.7. The van der Waals surface area contributed by atoms with Crippen molar-refractivity contribution < 1.29 is 35.5 Å². The molecule has 30 heavy (non-hydrogen) atoms. The van der Waals surface area contributed by atoms with E-state index in [0.717, 1.165) is 6.07 Å². The maximum absolute atomic E-state index is 14.7. The highest BCUT2D eigenvalue weighted by Crippen LogP contribution is 2.37. The molecule has 0 aliphatic carbocycles. The van der Waals surface area contributed by atoms with Gasteiger partial charge in [-0.25, -0.2) is 9.49 Å². The van der Waals surface area contributed by atoms with Crippen LogP contribution in [0.2, 0.25) is 0 Å². The average molecular weight is 430 g/mol. The van der Waals surface area contributed by atoms with Gasteiger partial charge in [-0.2, -0.15) is 31.6 Å². The number of aromatic amines is 1. The summed E-state index contributed by atoms with van der Waals surface area (Å²) < 4.78 is 97.4. The number of rotatable bonds is 4. The molecular formula is C18H9F7N4O. The van der Waals surface area contributed by atoms with Crippen LogP contribution >= 0.6 is 0 Å². The Balaban J connectivity index is 1.93. The first-order chi connectivity index (χ1) is 14.0. The first-order valence-electron chi connectivity index (χ1n) is 8.02. The van der Waals surface area contributed by atoms with Gasteiger partial charge in [0, 0.05) is 5.56 Å². The van der Waals surface area contributed by atoms with Crippen molar-refractivity contribution in [1.29, 1.82) is 5.26 Å². The van der Waals surface area contributed by atoms with Crippen LogP contribution in [0.25, 0.3) is 11.3 Å². The number of hydrogen-bond acceptors (Lipinski definition) is 4. The average Bonchev–Trinajstić information content (AvgIpc) is 3.14. The normalized spacial score (nSPS) is 11.9. The molecule has 1 heterocycles. The van der Waals surface area contributed by atoms with E-state index >= 15 is 0 Å². The molecular weight excluding hydrogens is 421 g/mol. The second-order valence-electron chi connectivity index (χ2n) is 5.97. The molecule has 156 valence electrons. The summed E-state index contributed by atoms with van der Waals surface area (Å²) in [4.78, 5) is 0. The lowest BCUT2D eigenvalue weighted by Gasteiger charge is -2.15. The molecule has 0 fully saturated rings. The highest BCUT2D eigenvalue weighted by atomic mass is 19.4. The molecule has 0 unspecified atom stereocenters. The SMILES string of the molecule is N#Cc1[nH]nnc1-c1cccc(OCc2cc(C(F)(F)F)cc(C(F)(F)F)c2)c1F. The summed E-state index contributed by atoms with van der Waals surface area (Å²) >= 11 is 0. The summed E-state index contributed by atoms with van der Waals surface area (Å²) in [5.41, 5.74) is -3.92. The third-order valence-corrected chi connectivity index (χ3v) is 3.92. The van der Waals surface area contributed by atoms with Crippen molar-refractivity contribution in [1.82, 2.24) is 15.4 Å². The van der Waals surface area contributed by atoms with Gasteiger partial charge in [0.25, 0.3) is 0 Å².